The Morgan fingerprint density at radius 3 is 2.47 bits per heavy atom. The van der Waals surface area contributed by atoms with E-state index in [1.54, 1.807) is 6.20 Å². The molecule has 3 heteroatoms. The van der Waals surface area contributed by atoms with Crippen molar-refractivity contribution in [1.82, 2.24) is 9.55 Å². The van der Waals surface area contributed by atoms with E-state index in [9.17, 15) is 0 Å². The summed E-state index contributed by atoms with van der Waals surface area (Å²) in [5.74, 6) is 0.888. The molecular weight excluding hydrogens is 188 g/mol. The first-order chi connectivity index (χ1) is 7.22. The maximum atomic E-state index is 9.06. The molecule has 2 aromatic rings. The molecule has 3 nitrogen and oxygen atoms in total. The largest absolute Gasteiger partial charge is 0.390 e. The fourth-order valence-electron chi connectivity index (χ4n) is 1.56. The van der Waals surface area contributed by atoms with Crippen molar-refractivity contribution < 1.29 is 5.11 Å². The Morgan fingerprint density at radius 1 is 1.27 bits per heavy atom. The van der Waals surface area contributed by atoms with Crippen LogP contribution in [0.2, 0.25) is 0 Å². The third-order valence-electron chi connectivity index (χ3n) is 2.56. The van der Waals surface area contributed by atoms with Crippen molar-refractivity contribution in [3.05, 3.63) is 41.7 Å². The summed E-state index contributed by atoms with van der Waals surface area (Å²) >= 11 is 0. The second kappa shape index (κ2) is 3.87. The quantitative estimate of drug-likeness (QED) is 0.807. The van der Waals surface area contributed by atoms with Gasteiger partial charge in [0.05, 0.1) is 18.5 Å². The summed E-state index contributed by atoms with van der Waals surface area (Å²) in [5, 5.41) is 9.06. The predicted molar refractivity (Wildman–Crippen MR) is 59.3 cm³/mol. The van der Waals surface area contributed by atoms with Crippen LogP contribution >= 0.6 is 0 Å². The van der Waals surface area contributed by atoms with E-state index in [0.29, 0.717) is 0 Å². The van der Waals surface area contributed by atoms with Crippen LogP contribution in [0.5, 0.6) is 0 Å². The van der Waals surface area contributed by atoms with Gasteiger partial charge in [-0.3, -0.25) is 0 Å². The zero-order chi connectivity index (χ0) is 10.8. The fourth-order valence-corrected chi connectivity index (χ4v) is 1.56. The third-order valence-corrected chi connectivity index (χ3v) is 2.56. The molecule has 0 amide bonds. The van der Waals surface area contributed by atoms with E-state index in [2.05, 4.69) is 24.0 Å². The highest BCUT2D eigenvalue weighted by Crippen LogP contribution is 2.18. The minimum Gasteiger partial charge on any atom is -0.390 e. The van der Waals surface area contributed by atoms with Crippen LogP contribution in [-0.4, -0.2) is 14.7 Å². The van der Waals surface area contributed by atoms with Crippen LogP contribution in [0.1, 0.15) is 11.3 Å². The van der Waals surface area contributed by atoms with Gasteiger partial charge in [0.15, 0.2) is 0 Å². The number of hydrogen-bond acceptors (Lipinski definition) is 2. The summed E-state index contributed by atoms with van der Waals surface area (Å²) < 4.78 is 1.91. The summed E-state index contributed by atoms with van der Waals surface area (Å²) in [6.45, 7) is 2.08. The molecule has 0 unspecified atom stereocenters. The van der Waals surface area contributed by atoms with Crippen molar-refractivity contribution >= 4 is 0 Å². The van der Waals surface area contributed by atoms with Crippen LogP contribution in [0.3, 0.4) is 0 Å². The van der Waals surface area contributed by atoms with Gasteiger partial charge in [0.25, 0.3) is 0 Å². The van der Waals surface area contributed by atoms with Crippen LogP contribution < -0.4 is 0 Å². The maximum Gasteiger partial charge on any atom is 0.139 e. The van der Waals surface area contributed by atoms with Crippen LogP contribution in [-0.2, 0) is 13.7 Å². The zero-order valence-corrected chi connectivity index (χ0v) is 8.94. The van der Waals surface area contributed by atoms with Crippen LogP contribution in [0.15, 0.2) is 30.5 Å². The van der Waals surface area contributed by atoms with Crippen molar-refractivity contribution in [2.75, 3.05) is 0 Å². The van der Waals surface area contributed by atoms with Crippen molar-refractivity contribution in [2.24, 2.45) is 7.05 Å². The van der Waals surface area contributed by atoms with Gasteiger partial charge in [0, 0.05) is 12.6 Å². The minimum atomic E-state index is 0.0232. The lowest BCUT2D eigenvalue weighted by atomic mass is 10.1. The van der Waals surface area contributed by atoms with Gasteiger partial charge in [-0.05, 0) is 6.92 Å². The lowest BCUT2D eigenvalue weighted by molar-refractivity contribution is 0.273. The van der Waals surface area contributed by atoms with E-state index in [-0.39, 0.29) is 6.61 Å². The minimum absolute atomic E-state index is 0.0232. The Labute approximate surface area is 89.0 Å². The predicted octanol–water partition coefficient (Wildman–Crippen LogP) is 1.89. The van der Waals surface area contributed by atoms with Gasteiger partial charge in [0.1, 0.15) is 5.82 Å². The summed E-state index contributed by atoms with van der Waals surface area (Å²) in [6, 6.07) is 8.20. The van der Waals surface area contributed by atoms with Crippen LogP contribution in [0.25, 0.3) is 11.4 Å². The first-order valence-corrected chi connectivity index (χ1v) is 4.91. The maximum absolute atomic E-state index is 9.06. The molecule has 0 aliphatic carbocycles. The number of aromatic nitrogens is 2. The summed E-state index contributed by atoms with van der Waals surface area (Å²) in [4.78, 5) is 4.29. The lowest BCUT2D eigenvalue weighted by Crippen LogP contribution is -1.98. The summed E-state index contributed by atoms with van der Waals surface area (Å²) in [7, 11) is 1.91. The van der Waals surface area contributed by atoms with E-state index < -0.39 is 0 Å². The molecule has 15 heavy (non-hydrogen) atoms. The van der Waals surface area contributed by atoms with Gasteiger partial charge < -0.3 is 9.67 Å². The molecule has 0 bridgehead atoms. The van der Waals surface area contributed by atoms with Crippen molar-refractivity contribution in [1.29, 1.82) is 0 Å². The Hall–Kier alpha value is -1.61. The number of nitrogens with zero attached hydrogens (tertiary/aromatic N) is 2. The molecule has 1 aromatic heterocycles. The molecule has 78 valence electrons. The van der Waals surface area contributed by atoms with E-state index in [0.717, 1.165) is 17.1 Å². The highest BCUT2D eigenvalue weighted by molar-refractivity contribution is 5.56. The molecule has 1 N–H and O–H groups in total. The number of rotatable bonds is 2. The standard InChI is InChI=1S/C12H14N2O/c1-9-3-5-10(6-4-9)12-13-7-11(8-15)14(12)2/h3-7,15H,8H2,1-2H3. The fraction of sp³-hybridized carbons (Fsp3) is 0.250. The molecule has 0 saturated heterocycles. The normalized spacial score (nSPS) is 10.6. The zero-order valence-electron chi connectivity index (χ0n) is 8.94. The molecule has 0 atom stereocenters. The molecule has 1 heterocycles. The Bertz CT molecular complexity index is 457. The topological polar surface area (TPSA) is 38.1 Å². The lowest BCUT2D eigenvalue weighted by Gasteiger charge is -2.04. The third kappa shape index (κ3) is 1.78. The molecule has 0 radical (unpaired) electrons. The molecule has 1 aromatic carbocycles. The number of aliphatic hydroxyl groups is 1. The van der Waals surface area contributed by atoms with Gasteiger partial charge in [-0.15, -0.1) is 0 Å². The molecule has 0 aliphatic rings. The monoisotopic (exact) mass is 202 g/mol. The number of hydrogen-bond donors (Lipinski definition) is 1. The number of benzene rings is 1. The molecule has 2 rings (SSSR count). The van der Waals surface area contributed by atoms with Crippen molar-refractivity contribution in [3.63, 3.8) is 0 Å². The smallest absolute Gasteiger partial charge is 0.139 e. The number of aliphatic hydroxyl groups excluding tert-OH is 1. The summed E-state index contributed by atoms with van der Waals surface area (Å²) in [5.41, 5.74) is 3.13. The second-order valence-electron chi connectivity index (χ2n) is 3.66. The number of imidazole rings is 1. The second-order valence-corrected chi connectivity index (χ2v) is 3.66. The average molecular weight is 202 g/mol. The molecule has 0 fully saturated rings. The first kappa shape index (κ1) is 9.93. The van der Waals surface area contributed by atoms with Crippen molar-refractivity contribution in [2.45, 2.75) is 13.5 Å². The van der Waals surface area contributed by atoms with Crippen LogP contribution in [0.4, 0.5) is 0 Å². The molecular formula is C12H14N2O. The van der Waals surface area contributed by atoms with Gasteiger partial charge in [0.2, 0.25) is 0 Å². The van der Waals surface area contributed by atoms with Crippen molar-refractivity contribution in [3.8, 4) is 11.4 Å². The van der Waals surface area contributed by atoms with Gasteiger partial charge in [-0.25, -0.2) is 4.98 Å². The van der Waals surface area contributed by atoms with E-state index in [1.807, 2.05) is 23.7 Å². The average Bonchev–Trinajstić information content (AvgIpc) is 2.61. The van der Waals surface area contributed by atoms with Crippen LogP contribution in [0, 0.1) is 6.92 Å². The highest BCUT2D eigenvalue weighted by Gasteiger charge is 2.06. The summed E-state index contributed by atoms with van der Waals surface area (Å²) in [6.07, 6.45) is 1.70. The van der Waals surface area contributed by atoms with Gasteiger partial charge >= 0.3 is 0 Å². The van der Waals surface area contributed by atoms with E-state index >= 15 is 0 Å². The highest BCUT2D eigenvalue weighted by atomic mass is 16.3. The van der Waals surface area contributed by atoms with E-state index in [4.69, 9.17) is 5.11 Å². The Morgan fingerprint density at radius 2 is 1.93 bits per heavy atom. The Balaban J connectivity index is 2.45. The van der Waals surface area contributed by atoms with Gasteiger partial charge in [-0.1, -0.05) is 29.8 Å². The first-order valence-electron chi connectivity index (χ1n) is 4.91. The molecule has 0 spiro atoms. The molecule has 0 aliphatic heterocycles. The van der Waals surface area contributed by atoms with Gasteiger partial charge in [-0.2, -0.15) is 0 Å². The SMILES string of the molecule is Cc1ccc(-c2ncc(CO)n2C)cc1. The number of aryl methyl sites for hydroxylation is 1. The Kier molecular flexibility index (Phi) is 2.56. The molecule has 0 saturated carbocycles. The van der Waals surface area contributed by atoms with E-state index in [1.165, 1.54) is 5.56 Å².